The summed E-state index contributed by atoms with van der Waals surface area (Å²) in [6, 6.07) is 16.1. The second-order valence-electron chi connectivity index (χ2n) is 12.5. The van der Waals surface area contributed by atoms with Gasteiger partial charge < -0.3 is 27.4 Å². The minimum Gasteiger partial charge on any atom is -1.00 e. The van der Waals surface area contributed by atoms with Crippen LogP contribution in [0.25, 0.3) is 0 Å². The maximum atomic E-state index is 14.7. The molecular weight excluding hydrogens is 492 g/mol. The number of piperidine rings is 1. The van der Waals surface area contributed by atoms with E-state index < -0.39 is 0 Å². The van der Waals surface area contributed by atoms with Crippen LogP contribution in [0.5, 0.6) is 5.75 Å². The molecule has 1 amide bonds. The van der Waals surface area contributed by atoms with Crippen molar-refractivity contribution in [1.29, 1.82) is 0 Å². The third-order valence-electron chi connectivity index (χ3n) is 10.7. The first-order valence-corrected chi connectivity index (χ1v) is 15.1. The zero-order valence-corrected chi connectivity index (χ0v) is 23.4. The largest absolute Gasteiger partial charge is 1.00 e. The van der Waals surface area contributed by atoms with Crippen molar-refractivity contribution >= 4 is 5.91 Å². The molecule has 3 aliphatic heterocycles. The summed E-state index contributed by atoms with van der Waals surface area (Å²) in [7, 11) is 0. The van der Waals surface area contributed by atoms with Gasteiger partial charge in [0.25, 0.3) is 0 Å². The summed E-state index contributed by atoms with van der Waals surface area (Å²) in [5.41, 5.74) is 5.57. The average Bonchev–Trinajstić information content (AvgIpc) is 3.62. The van der Waals surface area contributed by atoms with E-state index in [2.05, 4.69) is 52.7 Å². The van der Waals surface area contributed by atoms with Crippen molar-refractivity contribution in [3.63, 3.8) is 0 Å². The number of halogens is 1. The lowest BCUT2D eigenvalue weighted by Gasteiger charge is -2.48. The van der Waals surface area contributed by atoms with E-state index in [0.29, 0.717) is 23.8 Å². The minimum atomic E-state index is -0.0843. The molecule has 7 rings (SSSR count). The molecule has 0 aromatic heterocycles. The van der Waals surface area contributed by atoms with Crippen LogP contribution in [-0.4, -0.2) is 43.1 Å². The van der Waals surface area contributed by atoms with E-state index in [1.54, 1.807) is 0 Å². The number of fused-ring (bicyclic) bond motifs is 4. The van der Waals surface area contributed by atoms with E-state index in [9.17, 15) is 4.79 Å². The van der Waals surface area contributed by atoms with E-state index >= 15 is 0 Å². The highest BCUT2D eigenvalue weighted by atomic mass is 35.5. The summed E-state index contributed by atoms with van der Waals surface area (Å²) in [6.45, 7) is 3.45. The molecule has 38 heavy (non-hydrogen) atoms. The number of amides is 1. The molecule has 4 nitrogen and oxygen atoms in total. The van der Waals surface area contributed by atoms with Crippen LogP contribution < -0.4 is 22.5 Å². The quantitative estimate of drug-likeness (QED) is 0.660. The Kier molecular flexibility index (Phi) is 7.48. The van der Waals surface area contributed by atoms with Crippen LogP contribution in [0.15, 0.2) is 42.5 Å². The molecule has 5 aliphatic rings. The third-order valence-corrected chi connectivity index (χ3v) is 10.7. The van der Waals surface area contributed by atoms with Gasteiger partial charge in [-0.15, -0.1) is 0 Å². The zero-order valence-electron chi connectivity index (χ0n) is 22.6. The Balaban J connectivity index is 0.00000264. The van der Waals surface area contributed by atoms with Crippen LogP contribution in [-0.2, 0) is 23.1 Å². The van der Waals surface area contributed by atoms with E-state index in [0.717, 1.165) is 70.5 Å². The third kappa shape index (κ3) is 4.36. The molecule has 3 fully saturated rings. The van der Waals surface area contributed by atoms with Crippen molar-refractivity contribution in [1.82, 2.24) is 10.2 Å². The molecule has 1 N–H and O–H groups in total. The summed E-state index contributed by atoms with van der Waals surface area (Å²) < 4.78 is 6.15. The average molecular weight is 534 g/mol. The fourth-order valence-electron chi connectivity index (χ4n) is 8.84. The monoisotopic (exact) mass is 533 g/mol. The van der Waals surface area contributed by atoms with E-state index in [4.69, 9.17) is 4.74 Å². The standard InChI is InChI=1S/C33H42N2O2.ClH/c36-32(29-21-34-22-33(29)17-7-12-27-28(33)14-13-25-16-19-37-31(25)27)35-18-15-26(23-8-3-1-4-9-23)20-30(35)24-10-5-2-6-11-24;/h1,3-4,8-9,13-14,24,26,29-30,34H,2,5-7,10-12,15-22H2;1H/p-1/t26-,29+,30+,33+;/m1./s1. The number of benzene rings is 2. The molecule has 4 atom stereocenters. The molecule has 0 unspecified atom stereocenters. The smallest absolute Gasteiger partial charge is 0.228 e. The first kappa shape index (κ1) is 26.2. The Hall–Kier alpha value is -2.04. The summed E-state index contributed by atoms with van der Waals surface area (Å²) in [5.74, 6) is 2.85. The van der Waals surface area contributed by atoms with Gasteiger partial charge in [0, 0.05) is 37.5 Å². The first-order valence-electron chi connectivity index (χ1n) is 15.1. The molecule has 3 heterocycles. The predicted octanol–water partition coefficient (Wildman–Crippen LogP) is 2.77. The minimum absolute atomic E-state index is 0. The number of nitrogens with one attached hydrogen (secondary N) is 1. The van der Waals surface area contributed by atoms with Crippen LogP contribution >= 0.6 is 0 Å². The van der Waals surface area contributed by atoms with Gasteiger partial charge in [0.2, 0.25) is 5.91 Å². The maximum absolute atomic E-state index is 14.7. The number of rotatable bonds is 3. The van der Waals surface area contributed by atoms with Crippen molar-refractivity contribution in [3.05, 3.63) is 64.7 Å². The molecule has 2 saturated heterocycles. The molecule has 0 bridgehead atoms. The van der Waals surface area contributed by atoms with Gasteiger partial charge in [0.05, 0.1) is 12.5 Å². The molecule has 0 radical (unpaired) electrons. The summed E-state index contributed by atoms with van der Waals surface area (Å²) in [5, 5.41) is 3.70. The van der Waals surface area contributed by atoms with Gasteiger partial charge in [-0.2, -0.15) is 0 Å². The summed E-state index contributed by atoms with van der Waals surface area (Å²) >= 11 is 0. The van der Waals surface area contributed by atoms with Crippen LogP contribution in [0.2, 0.25) is 0 Å². The Labute approximate surface area is 234 Å². The normalized spacial score (nSPS) is 30.8. The predicted molar refractivity (Wildman–Crippen MR) is 147 cm³/mol. The second-order valence-corrected chi connectivity index (χ2v) is 12.5. The van der Waals surface area contributed by atoms with Gasteiger partial charge in [0.15, 0.2) is 0 Å². The SMILES string of the molecule is O=C([C@@H]1CNC[C@]12CCCc1c2ccc2c1OCC2)N1CC[C@@H](c2ccccc2)C[C@H]1C1CCCCC1.[Cl-]. The van der Waals surface area contributed by atoms with Crippen molar-refractivity contribution in [2.45, 2.75) is 88.0 Å². The Morgan fingerprint density at radius 3 is 2.66 bits per heavy atom. The Bertz CT molecular complexity index is 1150. The number of hydrogen-bond donors (Lipinski definition) is 1. The lowest BCUT2D eigenvalue weighted by molar-refractivity contribution is -0.143. The summed E-state index contributed by atoms with van der Waals surface area (Å²) in [4.78, 5) is 17.1. The van der Waals surface area contributed by atoms with Crippen LogP contribution in [0.1, 0.15) is 86.0 Å². The van der Waals surface area contributed by atoms with Crippen molar-refractivity contribution in [2.24, 2.45) is 11.8 Å². The van der Waals surface area contributed by atoms with Gasteiger partial charge in [-0.05, 0) is 79.0 Å². The summed E-state index contributed by atoms with van der Waals surface area (Å²) in [6.07, 6.45) is 13.2. The van der Waals surface area contributed by atoms with Crippen LogP contribution in [0, 0.1) is 11.8 Å². The highest BCUT2D eigenvalue weighted by Gasteiger charge is 2.53. The fourth-order valence-corrected chi connectivity index (χ4v) is 8.84. The Morgan fingerprint density at radius 2 is 1.82 bits per heavy atom. The molecule has 204 valence electrons. The van der Waals surface area contributed by atoms with Crippen molar-refractivity contribution in [2.75, 3.05) is 26.2 Å². The van der Waals surface area contributed by atoms with Gasteiger partial charge >= 0.3 is 0 Å². The van der Waals surface area contributed by atoms with Gasteiger partial charge in [-0.1, -0.05) is 61.7 Å². The highest BCUT2D eigenvalue weighted by molar-refractivity contribution is 5.82. The highest BCUT2D eigenvalue weighted by Crippen LogP contribution is 2.50. The molecule has 2 aliphatic carbocycles. The number of ether oxygens (including phenoxy) is 1. The lowest BCUT2D eigenvalue weighted by atomic mass is 9.63. The molecule has 2 aromatic carbocycles. The second kappa shape index (κ2) is 10.8. The van der Waals surface area contributed by atoms with Gasteiger partial charge in [-0.3, -0.25) is 4.79 Å². The lowest BCUT2D eigenvalue weighted by Crippen LogP contribution is -3.00. The number of likely N-dealkylation sites (tertiary alicyclic amines) is 1. The number of carbonyl (C=O) groups excluding carboxylic acids is 1. The van der Waals surface area contributed by atoms with Crippen molar-refractivity contribution in [3.8, 4) is 5.75 Å². The van der Waals surface area contributed by atoms with Crippen LogP contribution in [0.3, 0.4) is 0 Å². The zero-order chi connectivity index (χ0) is 24.8. The number of nitrogens with zero attached hydrogens (tertiary/aromatic N) is 1. The Morgan fingerprint density at radius 1 is 0.974 bits per heavy atom. The van der Waals surface area contributed by atoms with Crippen molar-refractivity contribution < 1.29 is 21.9 Å². The number of hydrogen-bond acceptors (Lipinski definition) is 3. The fraction of sp³-hybridized carbons (Fsp3) is 0.606. The molecule has 5 heteroatoms. The van der Waals surface area contributed by atoms with Gasteiger partial charge in [-0.25, -0.2) is 0 Å². The van der Waals surface area contributed by atoms with E-state index in [1.807, 2.05) is 0 Å². The molecule has 1 spiro atoms. The van der Waals surface area contributed by atoms with E-state index in [1.165, 1.54) is 54.4 Å². The first-order chi connectivity index (χ1) is 18.2. The number of carbonyl (C=O) groups is 1. The maximum Gasteiger partial charge on any atom is 0.228 e. The topological polar surface area (TPSA) is 41.6 Å². The molecular formula is C33H42ClN2O2-. The molecule has 2 aromatic rings. The molecule has 1 saturated carbocycles. The van der Waals surface area contributed by atoms with Gasteiger partial charge in [0.1, 0.15) is 5.75 Å². The van der Waals surface area contributed by atoms with Crippen LogP contribution in [0.4, 0.5) is 0 Å². The van der Waals surface area contributed by atoms with E-state index in [-0.39, 0.29) is 23.7 Å².